The molecule has 0 atom stereocenters. The molecule has 0 unspecified atom stereocenters. The van der Waals surface area contributed by atoms with Crippen LogP contribution >= 0.6 is 23.4 Å². The lowest BCUT2D eigenvalue weighted by molar-refractivity contribution is -0.129. The summed E-state index contributed by atoms with van der Waals surface area (Å²) in [5.41, 5.74) is 3.56. The molecule has 1 heterocycles. The predicted molar refractivity (Wildman–Crippen MR) is 116 cm³/mol. The lowest BCUT2D eigenvalue weighted by atomic mass is 9.99. The van der Waals surface area contributed by atoms with E-state index in [0.717, 1.165) is 40.8 Å². The normalized spacial score (nSPS) is 13.2. The standard InChI is InChI=1S/C22H26ClNO3S/c1-3-26-20-11-17-9-10-24(13-18(17)12-21(20)27-4-2)22(25)15-28-14-16-5-7-19(23)8-6-16/h5-8,11-12H,3-4,9-10,13-15H2,1-2H3. The van der Waals surface area contributed by atoms with Crippen molar-refractivity contribution in [3.05, 3.63) is 58.1 Å². The number of hydrogen-bond donors (Lipinski definition) is 0. The second-order valence-electron chi connectivity index (χ2n) is 6.62. The fourth-order valence-corrected chi connectivity index (χ4v) is 4.26. The zero-order chi connectivity index (χ0) is 19.9. The Balaban J connectivity index is 1.59. The number of ether oxygens (including phenoxy) is 2. The van der Waals surface area contributed by atoms with Gasteiger partial charge in [-0.05, 0) is 61.2 Å². The molecule has 0 fully saturated rings. The van der Waals surface area contributed by atoms with Gasteiger partial charge >= 0.3 is 0 Å². The summed E-state index contributed by atoms with van der Waals surface area (Å²) in [4.78, 5) is 14.6. The third-order valence-electron chi connectivity index (χ3n) is 4.64. The maximum atomic E-state index is 12.7. The molecule has 6 heteroatoms. The molecular formula is C22H26ClNO3S. The molecule has 0 bridgehead atoms. The Bertz CT molecular complexity index is 810. The van der Waals surface area contributed by atoms with Crippen LogP contribution in [0.3, 0.4) is 0 Å². The quantitative estimate of drug-likeness (QED) is 0.606. The molecule has 3 rings (SSSR count). The average Bonchev–Trinajstić information content (AvgIpc) is 2.70. The Labute approximate surface area is 176 Å². The van der Waals surface area contributed by atoms with Crippen LogP contribution in [-0.2, 0) is 23.5 Å². The summed E-state index contributed by atoms with van der Waals surface area (Å²) in [5.74, 6) is 3.01. The van der Waals surface area contributed by atoms with Crippen molar-refractivity contribution in [2.45, 2.75) is 32.6 Å². The zero-order valence-electron chi connectivity index (χ0n) is 16.4. The van der Waals surface area contributed by atoms with E-state index in [-0.39, 0.29) is 5.91 Å². The van der Waals surface area contributed by atoms with E-state index in [4.69, 9.17) is 21.1 Å². The molecule has 0 aromatic heterocycles. The summed E-state index contributed by atoms with van der Waals surface area (Å²) in [6.07, 6.45) is 0.843. The van der Waals surface area contributed by atoms with Crippen molar-refractivity contribution in [3.8, 4) is 11.5 Å². The number of amides is 1. The van der Waals surface area contributed by atoms with Gasteiger partial charge in [0.1, 0.15) is 0 Å². The van der Waals surface area contributed by atoms with Gasteiger partial charge in [-0.2, -0.15) is 0 Å². The van der Waals surface area contributed by atoms with Gasteiger partial charge in [0.25, 0.3) is 0 Å². The third kappa shape index (κ3) is 5.36. The molecule has 2 aromatic carbocycles. The molecule has 0 saturated carbocycles. The first kappa shape index (κ1) is 20.9. The zero-order valence-corrected chi connectivity index (χ0v) is 17.9. The molecule has 2 aromatic rings. The van der Waals surface area contributed by atoms with Crippen molar-refractivity contribution in [1.29, 1.82) is 0 Å². The predicted octanol–water partition coefficient (Wildman–Crippen LogP) is 4.96. The highest BCUT2D eigenvalue weighted by atomic mass is 35.5. The van der Waals surface area contributed by atoms with E-state index in [1.165, 1.54) is 11.1 Å². The summed E-state index contributed by atoms with van der Waals surface area (Å²) in [7, 11) is 0. The fourth-order valence-electron chi connectivity index (χ4n) is 3.24. The van der Waals surface area contributed by atoms with Gasteiger partial charge in [0.15, 0.2) is 11.5 Å². The minimum absolute atomic E-state index is 0.177. The van der Waals surface area contributed by atoms with Crippen LogP contribution in [0.25, 0.3) is 0 Å². The van der Waals surface area contributed by atoms with Crippen LogP contribution in [0.2, 0.25) is 5.02 Å². The molecule has 1 aliphatic rings. The second-order valence-corrected chi connectivity index (χ2v) is 8.04. The first-order chi connectivity index (χ1) is 13.6. The Kier molecular flexibility index (Phi) is 7.51. The van der Waals surface area contributed by atoms with Gasteiger partial charge in [0, 0.05) is 23.9 Å². The van der Waals surface area contributed by atoms with Crippen LogP contribution in [-0.4, -0.2) is 36.3 Å². The first-order valence-corrected chi connectivity index (χ1v) is 11.1. The summed E-state index contributed by atoms with van der Waals surface area (Å²) in [6.45, 7) is 6.49. The molecule has 0 spiro atoms. The Hall–Kier alpha value is -1.85. The summed E-state index contributed by atoms with van der Waals surface area (Å²) < 4.78 is 11.4. The SMILES string of the molecule is CCOc1cc2c(cc1OCC)CN(C(=O)CSCc1ccc(Cl)cc1)CC2. The number of rotatable bonds is 8. The van der Waals surface area contributed by atoms with E-state index >= 15 is 0 Å². The third-order valence-corrected chi connectivity index (χ3v) is 5.88. The Morgan fingerprint density at radius 2 is 1.71 bits per heavy atom. The highest BCUT2D eigenvalue weighted by Gasteiger charge is 2.23. The van der Waals surface area contributed by atoms with E-state index in [1.807, 2.05) is 49.1 Å². The molecule has 1 aliphatic heterocycles. The summed E-state index contributed by atoms with van der Waals surface area (Å²) in [5, 5.41) is 0.732. The number of benzene rings is 2. The highest BCUT2D eigenvalue weighted by molar-refractivity contribution is 7.99. The number of halogens is 1. The maximum absolute atomic E-state index is 12.7. The molecule has 0 N–H and O–H groups in total. The van der Waals surface area contributed by atoms with Gasteiger partial charge in [-0.15, -0.1) is 11.8 Å². The maximum Gasteiger partial charge on any atom is 0.232 e. The van der Waals surface area contributed by atoms with Gasteiger partial charge in [0.2, 0.25) is 5.91 Å². The molecule has 150 valence electrons. The van der Waals surface area contributed by atoms with Gasteiger partial charge in [-0.25, -0.2) is 0 Å². The Morgan fingerprint density at radius 3 is 2.36 bits per heavy atom. The first-order valence-electron chi connectivity index (χ1n) is 9.62. The number of nitrogens with zero attached hydrogens (tertiary/aromatic N) is 1. The van der Waals surface area contributed by atoms with Gasteiger partial charge in [0.05, 0.1) is 19.0 Å². The largest absolute Gasteiger partial charge is 0.490 e. The molecule has 0 radical (unpaired) electrons. The second kappa shape index (κ2) is 10.1. The van der Waals surface area contributed by atoms with Gasteiger partial charge < -0.3 is 14.4 Å². The van der Waals surface area contributed by atoms with Crippen molar-refractivity contribution in [2.24, 2.45) is 0 Å². The number of fused-ring (bicyclic) bond motifs is 1. The molecule has 0 saturated heterocycles. The van der Waals surface area contributed by atoms with Gasteiger partial charge in [-0.1, -0.05) is 23.7 Å². The lowest BCUT2D eigenvalue weighted by Crippen LogP contribution is -2.37. The number of carbonyl (C=O) groups excluding carboxylic acids is 1. The van der Waals surface area contributed by atoms with Crippen molar-refractivity contribution in [1.82, 2.24) is 4.90 Å². The van der Waals surface area contributed by atoms with Crippen molar-refractivity contribution < 1.29 is 14.3 Å². The van der Waals surface area contributed by atoms with Crippen LogP contribution in [0.15, 0.2) is 36.4 Å². The van der Waals surface area contributed by atoms with E-state index < -0.39 is 0 Å². The van der Waals surface area contributed by atoms with Gasteiger partial charge in [-0.3, -0.25) is 4.79 Å². The van der Waals surface area contributed by atoms with Crippen LogP contribution in [0.5, 0.6) is 11.5 Å². The number of hydrogen-bond acceptors (Lipinski definition) is 4. The van der Waals surface area contributed by atoms with Crippen molar-refractivity contribution >= 4 is 29.3 Å². The highest BCUT2D eigenvalue weighted by Crippen LogP contribution is 2.34. The van der Waals surface area contributed by atoms with Crippen LogP contribution in [0, 0.1) is 0 Å². The van der Waals surface area contributed by atoms with Crippen LogP contribution < -0.4 is 9.47 Å². The van der Waals surface area contributed by atoms with E-state index in [2.05, 4.69) is 6.07 Å². The molecule has 4 nitrogen and oxygen atoms in total. The van der Waals surface area contributed by atoms with E-state index in [1.54, 1.807) is 11.8 Å². The molecule has 0 aliphatic carbocycles. The minimum Gasteiger partial charge on any atom is -0.490 e. The van der Waals surface area contributed by atoms with Crippen LogP contribution in [0.1, 0.15) is 30.5 Å². The van der Waals surface area contributed by atoms with Crippen molar-refractivity contribution in [3.63, 3.8) is 0 Å². The molecular weight excluding hydrogens is 394 g/mol. The summed E-state index contributed by atoms with van der Waals surface area (Å²) in [6, 6.07) is 11.9. The van der Waals surface area contributed by atoms with Crippen molar-refractivity contribution in [2.75, 3.05) is 25.5 Å². The minimum atomic E-state index is 0.177. The summed E-state index contributed by atoms with van der Waals surface area (Å²) >= 11 is 7.55. The molecule has 1 amide bonds. The van der Waals surface area contributed by atoms with Crippen LogP contribution in [0.4, 0.5) is 0 Å². The van der Waals surface area contributed by atoms with E-state index in [0.29, 0.717) is 25.5 Å². The monoisotopic (exact) mass is 419 g/mol. The Morgan fingerprint density at radius 1 is 1.07 bits per heavy atom. The lowest BCUT2D eigenvalue weighted by Gasteiger charge is -2.30. The topological polar surface area (TPSA) is 38.8 Å². The van der Waals surface area contributed by atoms with E-state index in [9.17, 15) is 4.79 Å². The molecule has 28 heavy (non-hydrogen) atoms. The number of carbonyl (C=O) groups is 1. The average molecular weight is 420 g/mol. The fraction of sp³-hybridized carbons (Fsp3) is 0.409. The smallest absolute Gasteiger partial charge is 0.232 e. The number of thioether (sulfide) groups is 1.